The number of rotatable bonds is 8. The maximum absolute atomic E-state index is 11.9. The van der Waals surface area contributed by atoms with Gasteiger partial charge in [-0.2, -0.15) is 0 Å². The van der Waals surface area contributed by atoms with E-state index >= 15 is 0 Å². The fourth-order valence-electron chi connectivity index (χ4n) is 2.05. The smallest absolute Gasteiger partial charge is 0.239 e. The van der Waals surface area contributed by atoms with Crippen LogP contribution >= 0.6 is 0 Å². The van der Waals surface area contributed by atoms with Crippen molar-refractivity contribution in [1.82, 2.24) is 10.2 Å². The highest BCUT2D eigenvalue weighted by Gasteiger charge is 2.30. The van der Waals surface area contributed by atoms with E-state index < -0.39 is 6.10 Å². The van der Waals surface area contributed by atoms with Gasteiger partial charge >= 0.3 is 0 Å². The number of aliphatic hydroxyl groups excluding tert-OH is 1. The van der Waals surface area contributed by atoms with Crippen LogP contribution in [0.25, 0.3) is 0 Å². The van der Waals surface area contributed by atoms with Crippen LogP contribution in [0.2, 0.25) is 0 Å². The summed E-state index contributed by atoms with van der Waals surface area (Å²) in [6.45, 7) is 4.72. The van der Waals surface area contributed by atoms with Gasteiger partial charge in [0.25, 0.3) is 0 Å². The van der Waals surface area contributed by atoms with Gasteiger partial charge in [0.2, 0.25) is 5.91 Å². The zero-order chi connectivity index (χ0) is 12.7. The van der Waals surface area contributed by atoms with Gasteiger partial charge in [-0.05, 0) is 25.8 Å². The standard InChI is InChI=1S/C12H24N2O3/c1-3-6-13-11-5-8-14(12(11)16)7-4-10(15)9-17-2/h10-11,13,15H,3-9H2,1-2H3. The molecular weight excluding hydrogens is 220 g/mol. The van der Waals surface area contributed by atoms with Gasteiger partial charge in [-0.15, -0.1) is 0 Å². The fraction of sp³-hybridized carbons (Fsp3) is 0.917. The molecule has 0 radical (unpaired) electrons. The summed E-state index contributed by atoms with van der Waals surface area (Å²) < 4.78 is 4.85. The molecule has 1 heterocycles. The van der Waals surface area contributed by atoms with Crippen molar-refractivity contribution in [3.05, 3.63) is 0 Å². The first-order chi connectivity index (χ1) is 8.19. The van der Waals surface area contributed by atoms with E-state index in [1.54, 1.807) is 7.11 Å². The number of ether oxygens (including phenoxy) is 1. The molecule has 0 saturated carbocycles. The summed E-state index contributed by atoms with van der Waals surface area (Å²) in [4.78, 5) is 13.8. The molecule has 1 aliphatic rings. The third-order valence-electron chi connectivity index (χ3n) is 3.03. The van der Waals surface area contributed by atoms with E-state index in [4.69, 9.17) is 4.74 Å². The molecule has 2 N–H and O–H groups in total. The number of amides is 1. The first-order valence-corrected chi connectivity index (χ1v) is 6.38. The van der Waals surface area contributed by atoms with Crippen LogP contribution in [0.1, 0.15) is 26.2 Å². The predicted octanol–water partition coefficient (Wildman–Crippen LogP) is -0.0157. The van der Waals surface area contributed by atoms with Gasteiger partial charge in [-0.3, -0.25) is 4.79 Å². The highest BCUT2D eigenvalue weighted by atomic mass is 16.5. The van der Waals surface area contributed by atoms with E-state index in [-0.39, 0.29) is 11.9 Å². The minimum absolute atomic E-state index is 0.0190. The third kappa shape index (κ3) is 4.61. The lowest BCUT2D eigenvalue weighted by Gasteiger charge is -2.18. The Bertz CT molecular complexity index is 236. The van der Waals surface area contributed by atoms with Crippen molar-refractivity contribution in [2.24, 2.45) is 0 Å². The van der Waals surface area contributed by atoms with Crippen LogP contribution in [0.5, 0.6) is 0 Å². The maximum Gasteiger partial charge on any atom is 0.239 e. The van der Waals surface area contributed by atoms with Crippen molar-refractivity contribution >= 4 is 5.91 Å². The molecule has 0 aromatic carbocycles. The van der Waals surface area contributed by atoms with Crippen molar-refractivity contribution in [2.75, 3.05) is 33.4 Å². The molecule has 0 aromatic heterocycles. The highest BCUT2D eigenvalue weighted by molar-refractivity contribution is 5.83. The first kappa shape index (κ1) is 14.4. The van der Waals surface area contributed by atoms with Crippen LogP contribution in [0, 0.1) is 0 Å². The molecule has 1 aliphatic heterocycles. The molecule has 1 saturated heterocycles. The Hall–Kier alpha value is -0.650. The van der Waals surface area contributed by atoms with Crippen LogP contribution in [0.15, 0.2) is 0 Å². The lowest BCUT2D eigenvalue weighted by Crippen LogP contribution is -2.39. The quantitative estimate of drug-likeness (QED) is 0.630. The number of hydrogen-bond acceptors (Lipinski definition) is 4. The molecule has 2 atom stereocenters. The number of likely N-dealkylation sites (tertiary alicyclic amines) is 1. The topological polar surface area (TPSA) is 61.8 Å². The molecule has 100 valence electrons. The average Bonchev–Trinajstić information content (AvgIpc) is 2.66. The van der Waals surface area contributed by atoms with Crippen LogP contribution in [-0.2, 0) is 9.53 Å². The first-order valence-electron chi connectivity index (χ1n) is 6.38. The van der Waals surface area contributed by atoms with Crippen molar-refractivity contribution in [3.63, 3.8) is 0 Å². The van der Waals surface area contributed by atoms with Crippen molar-refractivity contribution in [3.8, 4) is 0 Å². The summed E-state index contributed by atoms with van der Waals surface area (Å²) in [5, 5.41) is 12.8. The van der Waals surface area contributed by atoms with Gasteiger partial charge in [0.1, 0.15) is 0 Å². The fourth-order valence-corrected chi connectivity index (χ4v) is 2.05. The second-order valence-corrected chi connectivity index (χ2v) is 4.52. The molecule has 0 bridgehead atoms. The summed E-state index contributed by atoms with van der Waals surface area (Å²) in [5.74, 6) is 0.170. The number of carbonyl (C=O) groups is 1. The van der Waals surface area contributed by atoms with Gasteiger partial charge in [0.15, 0.2) is 0 Å². The van der Waals surface area contributed by atoms with Crippen LogP contribution < -0.4 is 5.32 Å². The molecule has 5 heteroatoms. The van der Waals surface area contributed by atoms with E-state index in [1.807, 2.05) is 4.90 Å². The molecule has 1 fully saturated rings. The summed E-state index contributed by atoms with van der Waals surface area (Å²) in [6.07, 6.45) is 2.02. The number of hydrogen-bond donors (Lipinski definition) is 2. The molecule has 0 spiro atoms. The molecule has 0 aliphatic carbocycles. The predicted molar refractivity (Wildman–Crippen MR) is 65.8 cm³/mol. The average molecular weight is 244 g/mol. The Morgan fingerprint density at radius 1 is 1.65 bits per heavy atom. The van der Waals surface area contributed by atoms with E-state index in [0.717, 1.165) is 25.9 Å². The molecule has 0 aromatic rings. The van der Waals surface area contributed by atoms with Crippen LogP contribution in [0.4, 0.5) is 0 Å². The molecule has 2 unspecified atom stereocenters. The van der Waals surface area contributed by atoms with E-state index in [0.29, 0.717) is 19.6 Å². The zero-order valence-corrected chi connectivity index (χ0v) is 10.8. The van der Waals surface area contributed by atoms with Crippen molar-refractivity contribution in [2.45, 2.75) is 38.3 Å². The minimum Gasteiger partial charge on any atom is -0.391 e. The molecule has 1 rings (SSSR count). The van der Waals surface area contributed by atoms with E-state index in [2.05, 4.69) is 12.2 Å². The third-order valence-corrected chi connectivity index (χ3v) is 3.03. The zero-order valence-electron chi connectivity index (χ0n) is 10.8. The number of nitrogens with one attached hydrogen (secondary N) is 1. The normalized spacial score (nSPS) is 22.2. The molecule has 17 heavy (non-hydrogen) atoms. The molecule has 5 nitrogen and oxygen atoms in total. The second-order valence-electron chi connectivity index (χ2n) is 4.52. The lowest BCUT2D eigenvalue weighted by molar-refractivity contribution is -0.129. The second kappa shape index (κ2) is 7.63. The Morgan fingerprint density at radius 2 is 2.41 bits per heavy atom. The van der Waals surface area contributed by atoms with Gasteiger partial charge in [-0.25, -0.2) is 0 Å². The van der Waals surface area contributed by atoms with Crippen LogP contribution in [-0.4, -0.2) is 61.4 Å². The largest absolute Gasteiger partial charge is 0.391 e. The maximum atomic E-state index is 11.9. The SMILES string of the molecule is CCCNC1CCN(CCC(O)COC)C1=O. The van der Waals surface area contributed by atoms with Gasteiger partial charge in [0.05, 0.1) is 18.8 Å². The summed E-state index contributed by atoms with van der Waals surface area (Å²) in [5.41, 5.74) is 0. The van der Waals surface area contributed by atoms with Gasteiger partial charge in [-0.1, -0.05) is 6.92 Å². The van der Waals surface area contributed by atoms with Crippen LogP contribution in [0.3, 0.4) is 0 Å². The van der Waals surface area contributed by atoms with Crippen molar-refractivity contribution < 1.29 is 14.6 Å². The lowest BCUT2D eigenvalue weighted by atomic mass is 10.2. The van der Waals surface area contributed by atoms with Crippen molar-refractivity contribution in [1.29, 1.82) is 0 Å². The monoisotopic (exact) mass is 244 g/mol. The summed E-state index contributed by atoms with van der Waals surface area (Å²) in [7, 11) is 1.56. The van der Waals surface area contributed by atoms with E-state index in [1.165, 1.54) is 0 Å². The Labute approximate surface area is 103 Å². The number of carbonyl (C=O) groups excluding carboxylic acids is 1. The number of aliphatic hydroxyl groups is 1. The van der Waals surface area contributed by atoms with Gasteiger partial charge in [0, 0.05) is 20.2 Å². The Kier molecular flexibility index (Phi) is 6.47. The van der Waals surface area contributed by atoms with E-state index in [9.17, 15) is 9.90 Å². The minimum atomic E-state index is -0.476. The highest BCUT2D eigenvalue weighted by Crippen LogP contribution is 2.12. The summed E-state index contributed by atoms with van der Waals surface area (Å²) >= 11 is 0. The summed E-state index contributed by atoms with van der Waals surface area (Å²) in [6, 6.07) is -0.0190. The Morgan fingerprint density at radius 3 is 3.06 bits per heavy atom. The molecule has 1 amide bonds. The van der Waals surface area contributed by atoms with Gasteiger partial charge < -0.3 is 20.1 Å². The molecular formula is C12H24N2O3. The number of nitrogens with zero attached hydrogens (tertiary/aromatic N) is 1. The Balaban J connectivity index is 2.25. The number of methoxy groups -OCH3 is 1.